The number of esters is 1. The summed E-state index contributed by atoms with van der Waals surface area (Å²) in [6.07, 6.45) is 2.51. The van der Waals surface area contributed by atoms with Gasteiger partial charge in [0.15, 0.2) is 0 Å². The second kappa shape index (κ2) is 8.66. The van der Waals surface area contributed by atoms with Gasteiger partial charge in [-0.05, 0) is 44.0 Å². The number of ether oxygens (including phenoxy) is 2. The highest BCUT2D eigenvalue weighted by molar-refractivity contribution is 6.04. The number of nitrogens with zero attached hydrogens (tertiary/aromatic N) is 1. The molecule has 0 bridgehead atoms. The first-order chi connectivity index (χ1) is 13.5. The van der Waals surface area contributed by atoms with Crippen LogP contribution in [-0.2, 0) is 16.0 Å². The molecule has 148 valence electrons. The van der Waals surface area contributed by atoms with Crippen LogP contribution in [0.2, 0.25) is 0 Å². The first-order valence-electron chi connectivity index (χ1n) is 9.02. The van der Waals surface area contributed by atoms with Crippen LogP contribution in [0.5, 0.6) is 0 Å². The fourth-order valence-electron chi connectivity index (χ4n) is 2.93. The van der Waals surface area contributed by atoms with Gasteiger partial charge in [-0.2, -0.15) is 0 Å². The Balaban J connectivity index is 1.76. The van der Waals surface area contributed by atoms with Crippen LogP contribution < -0.4 is 16.6 Å². The molecule has 9 heteroatoms. The van der Waals surface area contributed by atoms with Gasteiger partial charge in [0, 0.05) is 18.5 Å². The van der Waals surface area contributed by atoms with Crippen molar-refractivity contribution in [2.45, 2.75) is 32.4 Å². The number of rotatable bonds is 6. The molecule has 1 atom stereocenters. The molecule has 2 aromatic rings. The minimum Gasteiger partial charge on any atom is -0.462 e. The molecular weight excluding hydrogens is 366 g/mol. The van der Waals surface area contributed by atoms with Gasteiger partial charge in [-0.15, -0.1) is 0 Å². The summed E-state index contributed by atoms with van der Waals surface area (Å²) >= 11 is 0. The Bertz CT molecular complexity index is 970. The molecule has 2 heterocycles. The monoisotopic (exact) mass is 387 g/mol. The smallest absolute Gasteiger partial charge is 0.338 e. The lowest BCUT2D eigenvalue weighted by molar-refractivity contribution is 0.0526. The zero-order valence-electron chi connectivity index (χ0n) is 15.4. The van der Waals surface area contributed by atoms with Crippen molar-refractivity contribution in [3.8, 4) is 0 Å². The molecule has 1 unspecified atom stereocenters. The van der Waals surface area contributed by atoms with E-state index in [4.69, 9.17) is 9.47 Å². The SMILES string of the molecule is CCOC(=O)c1ccc(NC(=O)c2c[nH]c(=O)n(CC3CCCO3)c2=O)cc1. The van der Waals surface area contributed by atoms with E-state index in [-0.39, 0.29) is 24.8 Å². The summed E-state index contributed by atoms with van der Waals surface area (Å²) in [5.74, 6) is -1.12. The third-order valence-corrected chi connectivity index (χ3v) is 4.37. The molecule has 9 nitrogen and oxygen atoms in total. The number of nitrogens with one attached hydrogen (secondary N) is 2. The number of benzene rings is 1. The Morgan fingerprint density at radius 2 is 2.04 bits per heavy atom. The number of H-pyrrole nitrogens is 1. The Hall–Kier alpha value is -3.20. The summed E-state index contributed by atoms with van der Waals surface area (Å²) in [4.78, 5) is 51.1. The van der Waals surface area contributed by atoms with Crippen LogP contribution in [0.25, 0.3) is 0 Å². The third-order valence-electron chi connectivity index (χ3n) is 4.37. The molecule has 1 aromatic carbocycles. The van der Waals surface area contributed by atoms with E-state index in [9.17, 15) is 19.2 Å². The van der Waals surface area contributed by atoms with Gasteiger partial charge >= 0.3 is 11.7 Å². The first kappa shape index (κ1) is 19.6. The van der Waals surface area contributed by atoms with E-state index in [0.717, 1.165) is 23.6 Å². The van der Waals surface area contributed by atoms with Crippen LogP contribution in [0.1, 0.15) is 40.5 Å². The van der Waals surface area contributed by atoms with Crippen molar-refractivity contribution < 1.29 is 19.1 Å². The number of hydrogen-bond acceptors (Lipinski definition) is 6. The van der Waals surface area contributed by atoms with Gasteiger partial charge < -0.3 is 19.8 Å². The van der Waals surface area contributed by atoms with Crippen molar-refractivity contribution in [1.82, 2.24) is 9.55 Å². The molecular formula is C19H21N3O6. The molecule has 1 fully saturated rings. The predicted molar refractivity (Wildman–Crippen MR) is 101 cm³/mol. The van der Waals surface area contributed by atoms with E-state index < -0.39 is 23.1 Å². The number of carbonyl (C=O) groups excluding carboxylic acids is 2. The van der Waals surface area contributed by atoms with Crippen LogP contribution in [-0.4, -0.2) is 40.7 Å². The summed E-state index contributed by atoms with van der Waals surface area (Å²) in [5.41, 5.74) is -0.708. The highest BCUT2D eigenvalue weighted by Crippen LogP contribution is 2.13. The van der Waals surface area contributed by atoms with Gasteiger partial charge in [0.05, 0.1) is 24.8 Å². The largest absolute Gasteiger partial charge is 0.462 e. The molecule has 1 aliphatic heterocycles. The maximum atomic E-state index is 12.6. The fourth-order valence-corrected chi connectivity index (χ4v) is 2.93. The van der Waals surface area contributed by atoms with E-state index >= 15 is 0 Å². The third kappa shape index (κ3) is 4.37. The van der Waals surface area contributed by atoms with Crippen molar-refractivity contribution in [2.75, 3.05) is 18.5 Å². The van der Waals surface area contributed by atoms with Crippen molar-refractivity contribution >= 4 is 17.6 Å². The van der Waals surface area contributed by atoms with Crippen LogP contribution in [0.15, 0.2) is 40.1 Å². The molecule has 28 heavy (non-hydrogen) atoms. The Morgan fingerprint density at radius 3 is 2.68 bits per heavy atom. The van der Waals surface area contributed by atoms with Crippen molar-refractivity contribution in [3.63, 3.8) is 0 Å². The second-order valence-electron chi connectivity index (χ2n) is 6.31. The zero-order chi connectivity index (χ0) is 20.1. The topological polar surface area (TPSA) is 119 Å². The van der Waals surface area contributed by atoms with E-state index in [0.29, 0.717) is 17.9 Å². The molecule has 3 rings (SSSR count). The summed E-state index contributed by atoms with van der Waals surface area (Å²) in [6.45, 7) is 2.67. The molecule has 0 radical (unpaired) electrons. The van der Waals surface area contributed by atoms with Gasteiger partial charge in [-0.25, -0.2) is 9.59 Å². The number of amides is 1. The standard InChI is InChI=1S/C19H21N3O6/c1-2-27-18(25)12-5-7-13(8-6-12)21-16(23)15-10-20-19(26)22(17(15)24)11-14-4-3-9-28-14/h5-8,10,14H,2-4,9,11H2,1H3,(H,20,26)(H,21,23). The molecule has 0 saturated carbocycles. The lowest BCUT2D eigenvalue weighted by Gasteiger charge is -2.12. The van der Waals surface area contributed by atoms with E-state index in [2.05, 4.69) is 10.3 Å². The molecule has 1 amide bonds. The average molecular weight is 387 g/mol. The first-order valence-corrected chi connectivity index (χ1v) is 9.02. The Labute approximate surface area is 160 Å². The molecule has 1 saturated heterocycles. The van der Waals surface area contributed by atoms with Crippen LogP contribution in [0, 0.1) is 0 Å². The van der Waals surface area contributed by atoms with Crippen molar-refractivity contribution in [3.05, 3.63) is 62.4 Å². The second-order valence-corrected chi connectivity index (χ2v) is 6.31. The van der Waals surface area contributed by atoms with Crippen LogP contribution in [0.3, 0.4) is 0 Å². The van der Waals surface area contributed by atoms with Gasteiger partial charge in [-0.3, -0.25) is 14.2 Å². The summed E-state index contributed by atoms with van der Waals surface area (Å²) < 4.78 is 11.3. The van der Waals surface area contributed by atoms with Crippen LogP contribution >= 0.6 is 0 Å². The maximum absolute atomic E-state index is 12.6. The van der Waals surface area contributed by atoms with Gasteiger partial charge in [0.2, 0.25) is 0 Å². The van der Waals surface area contributed by atoms with Crippen molar-refractivity contribution in [1.29, 1.82) is 0 Å². The molecule has 1 aromatic heterocycles. The number of hydrogen-bond donors (Lipinski definition) is 2. The molecule has 2 N–H and O–H groups in total. The fraction of sp³-hybridized carbons (Fsp3) is 0.368. The Morgan fingerprint density at radius 1 is 1.29 bits per heavy atom. The van der Waals surface area contributed by atoms with Gasteiger partial charge in [-0.1, -0.05) is 0 Å². The van der Waals surface area contributed by atoms with Gasteiger partial charge in [0.1, 0.15) is 5.56 Å². The van der Waals surface area contributed by atoms with Gasteiger partial charge in [0.25, 0.3) is 11.5 Å². The maximum Gasteiger partial charge on any atom is 0.338 e. The normalized spacial score (nSPS) is 16.0. The highest BCUT2D eigenvalue weighted by atomic mass is 16.5. The zero-order valence-corrected chi connectivity index (χ0v) is 15.4. The lowest BCUT2D eigenvalue weighted by Crippen LogP contribution is -2.41. The van der Waals surface area contributed by atoms with E-state index in [1.54, 1.807) is 6.92 Å². The highest BCUT2D eigenvalue weighted by Gasteiger charge is 2.21. The summed E-state index contributed by atoms with van der Waals surface area (Å²) in [5, 5.41) is 2.58. The number of aromatic nitrogens is 2. The number of anilines is 1. The van der Waals surface area contributed by atoms with E-state index in [1.165, 1.54) is 24.3 Å². The quantitative estimate of drug-likeness (QED) is 0.718. The summed E-state index contributed by atoms with van der Waals surface area (Å²) in [6, 6.07) is 6.08. The predicted octanol–water partition coefficient (Wildman–Crippen LogP) is 1.14. The van der Waals surface area contributed by atoms with Crippen molar-refractivity contribution in [2.24, 2.45) is 0 Å². The molecule has 1 aliphatic rings. The number of carbonyl (C=O) groups is 2. The minimum absolute atomic E-state index is 0.101. The molecule has 0 aliphatic carbocycles. The number of aromatic amines is 1. The molecule has 0 spiro atoms. The van der Waals surface area contributed by atoms with E-state index in [1.807, 2.05) is 0 Å². The minimum atomic E-state index is -0.681. The lowest BCUT2D eigenvalue weighted by atomic mass is 10.2. The Kier molecular flexibility index (Phi) is 6.05. The summed E-state index contributed by atoms with van der Waals surface area (Å²) in [7, 11) is 0. The van der Waals surface area contributed by atoms with Crippen LogP contribution in [0.4, 0.5) is 5.69 Å². The average Bonchev–Trinajstić information content (AvgIpc) is 3.19.